The minimum Gasteiger partial charge on any atom is -0.0616 e. The van der Waals surface area contributed by atoms with Gasteiger partial charge in [-0.1, -0.05) is 104 Å². The summed E-state index contributed by atoms with van der Waals surface area (Å²) in [6.45, 7) is 0. The summed E-state index contributed by atoms with van der Waals surface area (Å²) in [5, 5.41) is 4.48. The molecule has 0 aromatic heterocycles. The molecule has 32 heavy (non-hydrogen) atoms. The minimum absolute atomic E-state index is 0.987. The van der Waals surface area contributed by atoms with E-state index in [1.807, 2.05) is 48.5 Å². The molecule has 0 unspecified atom stereocenters. The Balaban J connectivity index is 1.75. The van der Waals surface area contributed by atoms with Crippen LogP contribution in [-0.4, -0.2) is 0 Å². The molecule has 5 rings (SSSR count). The Labute approximate surface area is 204 Å². The van der Waals surface area contributed by atoms with E-state index in [0.29, 0.717) is 0 Å². The van der Waals surface area contributed by atoms with Gasteiger partial charge in [0.05, 0.1) is 0 Å². The third-order valence-corrected chi connectivity index (χ3v) is 6.34. The van der Waals surface area contributed by atoms with Crippen LogP contribution in [0.3, 0.4) is 0 Å². The predicted molar refractivity (Wildman–Crippen MR) is 142 cm³/mol. The third-order valence-electron chi connectivity index (χ3n) is 5.28. The molecule has 0 amide bonds. The normalized spacial score (nSPS) is 10.3. The van der Waals surface area contributed by atoms with Crippen molar-refractivity contribution in [1.82, 2.24) is 0 Å². The van der Waals surface area contributed by atoms with Crippen LogP contribution in [0.5, 0.6) is 0 Å². The Morgan fingerprint density at radius 3 is 1.00 bits per heavy atom. The van der Waals surface area contributed by atoms with Gasteiger partial charge in [-0.2, -0.15) is 0 Å². The summed E-state index contributed by atoms with van der Waals surface area (Å²) < 4.78 is 2.10. The molecule has 2 heteroatoms. The average Bonchev–Trinajstić information content (AvgIpc) is 2.83. The van der Waals surface area contributed by atoms with Crippen LogP contribution >= 0.6 is 31.9 Å². The third kappa shape index (κ3) is 4.21. The molecule has 0 nitrogen and oxygen atoms in total. The molecule has 0 bridgehead atoms. The molecule has 0 aliphatic heterocycles. The summed E-state index contributed by atoms with van der Waals surface area (Å²) >= 11 is 6.97. The van der Waals surface area contributed by atoms with Crippen molar-refractivity contribution >= 4 is 53.4 Å². The van der Waals surface area contributed by atoms with Crippen LogP contribution in [-0.2, 0) is 0 Å². The number of rotatable bonds is 0. The maximum absolute atomic E-state index is 3.49. The zero-order valence-corrected chi connectivity index (χ0v) is 20.2. The van der Waals surface area contributed by atoms with Crippen LogP contribution in [0.25, 0.3) is 21.5 Å². The lowest BCUT2D eigenvalue weighted by Crippen LogP contribution is -1.90. The van der Waals surface area contributed by atoms with E-state index in [9.17, 15) is 0 Å². The molecule has 0 saturated heterocycles. The van der Waals surface area contributed by atoms with Crippen molar-refractivity contribution in [2.75, 3.05) is 0 Å². The largest absolute Gasteiger partial charge is 0.0616 e. The van der Waals surface area contributed by atoms with Crippen LogP contribution in [0.4, 0.5) is 0 Å². The Kier molecular flexibility index (Phi) is 5.83. The quantitative estimate of drug-likeness (QED) is 0.138. The van der Waals surface area contributed by atoms with Crippen molar-refractivity contribution in [1.29, 1.82) is 0 Å². The van der Waals surface area contributed by atoms with Gasteiger partial charge >= 0.3 is 0 Å². The van der Waals surface area contributed by atoms with Crippen molar-refractivity contribution in [3.8, 4) is 23.7 Å². The fourth-order valence-corrected chi connectivity index (χ4v) is 4.26. The Hall–Kier alpha value is -3.30. The molecule has 150 valence electrons. The molecule has 0 N–H and O–H groups in total. The van der Waals surface area contributed by atoms with Crippen molar-refractivity contribution in [2.24, 2.45) is 0 Å². The number of benzene rings is 5. The second kappa shape index (κ2) is 9.05. The van der Waals surface area contributed by atoms with E-state index in [1.54, 1.807) is 0 Å². The predicted octanol–water partition coefficient (Wildman–Crippen LogP) is 8.32. The second-order valence-electron chi connectivity index (χ2n) is 7.35. The van der Waals surface area contributed by atoms with Gasteiger partial charge in [0.2, 0.25) is 0 Å². The van der Waals surface area contributed by atoms with Gasteiger partial charge in [0.15, 0.2) is 0 Å². The first-order valence-electron chi connectivity index (χ1n) is 10.2. The maximum atomic E-state index is 3.49. The van der Waals surface area contributed by atoms with E-state index in [-0.39, 0.29) is 0 Å². The average molecular weight is 536 g/mol. The number of fused-ring (bicyclic) bond motifs is 2. The highest BCUT2D eigenvalue weighted by atomic mass is 79.9. The fourth-order valence-electron chi connectivity index (χ4n) is 3.73. The topological polar surface area (TPSA) is 0 Å². The molecule has 0 aliphatic carbocycles. The zero-order valence-electron chi connectivity index (χ0n) is 17.0. The molecule has 0 saturated carbocycles. The lowest BCUT2D eigenvalue weighted by atomic mass is 9.92. The molecule has 0 aliphatic rings. The molecule has 5 aromatic rings. The number of hydrogen-bond donors (Lipinski definition) is 0. The molecule has 0 spiro atoms. The van der Waals surface area contributed by atoms with Crippen LogP contribution < -0.4 is 0 Å². The highest BCUT2D eigenvalue weighted by Gasteiger charge is 2.11. The number of hydrogen-bond acceptors (Lipinski definition) is 0. The summed E-state index contributed by atoms with van der Waals surface area (Å²) in [5.74, 6) is 13.6. The van der Waals surface area contributed by atoms with E-state index >= 15 is 0 Å². The van der Waals surface area contributed by atoms with Crippen molar-refractivity contribution < 1.29 is 0 Å². The van der Waals surface area contributed by atoms with Gasteiger partial charge in [0.25, 0.3) is 0 Å². The summed E-state index contributed by atoms with van der Waals surface area (Å²) in [7, 11) is 0. The Morgan fingerprint density at radius 1 is 0.375 bits per heavy atom. The van der Waals surface area contributed by atoms with Gasteiger partial charge in [-0.25, -0.2) is 0 Å². The SMILES string of the molecule is Brc1ccc(C#Cc2c3ccccc3c(C#Cc3ccc(Br)cc3)c3ccccc23)cc1. The maximum Gasteiger partial charge on any atom is 0.0406 e. The van der Waals surface area contributed by atoms with Gasteiger partial charge in [-0.3, -0.25) is 0 Å². The molecule has 0 atom stereocenters. The highest BCUT2D eigenvalue weighted by molar-refractivity contribution is 9.10. The van der Waals surface area contributed by atoms with Gasteiger partial charge in [-0.05, 0) is 70.1 Å². The second-order valence-corrected chi connectivity index (χ2v) is 9.19. The van der Waals surface area contributed by atoms with Crippen LogP contribution in [0.2, 0.25) is 0 Å². The summed E-state index contributed by atoms with van der Waals surface area (Å²) in [6.07, 6.45) is 0. The van der Waals surface area contributed by atoms with Crippen LogP contribution in [0.15, 0.2) is 106 Å². The van der Waals surface area contributed by atoms with Gasteiger partial charge in [0.1, 0.15) is 0 Å². The van der Waals surface area contributed by atoms with Crippen molar-refractivity contribution in [2.45, 2.75) is 0 Å². The Morgan fingerprint density at radius 2 is 0.688 bits per heavy atom. The van der Waals surface area contributed by atoms with E-state index in [0.717, 1.165) is 52.7 Å². The monoisotopic (exact) mass is 534 g/mol. The Bertz CT molecular complexity index is 1390. The van der Waals surface area contributed by atoms with E-state index < -0.39 is 0 Å². The molecule has 0 radical (unpaired) electrons. The lowest BCUT2D eigenvalue weighted by molar-refractivity contribution is 1.60. The van der Waals surface area contributed by atoms with E-state index in [4.69, 9.17) is 0 Å². The smallest absolute Gasteiger partial charge is 0.0406 e. The van der Waals surface area contributed by atoms with Gasteiger partial charge in [0, 0.05) is 31.2 Å². The first kappa shape index (κ1) is 20.6. The van der Waals surface area contributed by atoms with Crippen LogP contribution in [0.1, 0.15) is 22.3 Å². The molecule has 0 fully saturated rings. The van der Waals surface area contributed by atoms with Crippen molar-refractivity contribution in [3.05, 3.63) is 128 Å². The summed E-state index contributed by atoms with van der Waals surface area (Å²) in [5.41, 5.74) is 4.04. The van der Waals surface area contributed by atoms with E-state index in [2.05, 4.69) is 104 Å². The van der Waals surface area contributed by atoms with Gasteiger partial charge in [-0.15, -0.1) is 0 Å². The molecular formula is C30H16Br2. The first-order valence-corrected chi connectivity index (χ1v) is 11.8. The van der Waals surface area contributed by atoms with Crippen molar-refractivity contribution in [3.63, 3.8) is 0 Å². The molecule has 5 aromatic carbocycles. The van der Waals surface area contributed by atoms with Crippen LogP contribution in [0, 0.1) is 23.7 Å². The summed E-state index contributed by atoms with van der Waals surface area (Å²) in [6, 6.07) is 33.0. The molecular weight excluding hydrogens is 520 g/mol. The molecule has 0 heterocycles. The number of halogens is 2. The first-order chi connectivity index (χ1) is 15.7. The highest BCUT2D eigenvalue weighted by Crippen LogP contribution is 2.32. The van der Waals surface area contributed by atoms with E-state index in [1.165, 1.54) is 0 Å². The fraction of sp³-hybridized carbons (Fsp3) is 0. The standard InChI is InChI=1S/C30H16Br2/c31-23-15-9-21(10-16-23)13-19-29-25-5-1-2-6-26(25)30(28-8-4-3-7-27(28)29)20-14-22-11-17-24(32)18-12-22/h1-12,15-18H. The lowest BCUT2D eigenvalue weighted by Gasteiger charge is -2.10. The zero-order chi connectivity index (χ0) is 21.9. The summed E-state index contributed by atoms with van der Waals surface area (Å²) in [4.78, 5) is 0. The minimum atomic E-state index is 0.987. The van der Waals surface area contributed by atoms with Gasteiger partial charge < -0.3 is 0 Å².